The molecule has 6 rings (SSSR count). The molecule has 9 heteroatoms. The minimum Gasteiger partial charge on any atom is -0.479 e. The van der Waals surface area contributed by atoms with Crippen LogP contribution < -0.4 is 4.90 Å². The van der Waals surface area contributed by atoms with Crippen molar-refractivity contribution < 1.29 is 28.5 Å². The Kier molecular flexibility index (Phi) is 11.8. The van der Waals surface area contributed by atoms with Crippen molar-refractivity contribution in [2.45, 2.75) is 112 Å². The van der Waals surface area contributed by atoms with Crippen LogP contribution in [0.15, 0.2) is 36.4 Å². The number of carbonyl (C=O) groups is 1. The molecule has 0 bridgehead atoms. The van der Waals surface area contributed by atoms with Crippen LogP contribution in [0.3, 0.4) is 0 Å². The van der Waals surface area contributed by atoms with Crippen LogP contribution in [-0.2, 0) is 45.1 Å². The summed E-state index contributed by atoms with van der Waals surface area (Å²) in [6.07, 6.45) is 3.65. The van der Waals surface area contributed by atoms with Gasteiger partial charge in [-0.2, -0.15) is 0 Å². The fraction of sp³-hybridized carbons (Fsp3) is 0.581. The average Bonchev–Trinajstić information content (AvgIpc) is 3.08. The van der Waals surface area contributed by atoms with E-state index in [1.165, 1.54) is 11.1 Å². The molecule has 1 aromatic heterocycles. The van der Waals surface area contributed by atoms with Gasteiger partial charge in [0.1, 0.15) is 5.82 Å². The van der Waals surface area contributed by atoms with E-state index in [0.717, 1.165) is 112 Å². The number of carboxylic acid groups (broad SMARTS) is 1. The Balaban J connectivity index is 1.43. The van der Waals surface area contributed by atoms with E-state index in [1.807, 2.05) is 40.7 Å². The summed E-state index contributed by atoms with van der Waals surface area (Å²) in [5, 5.41) is 10.7. The minimum atomic E-state index is -1.19. The molecule has 2 saturated heterocycles. The van der Waals surface area contributed by atoms with Crippen molar-refractivity contribution in [1.82, 2.24) is 9.88 Å². The highest BCUT2D eigenvalue weighted by atomic mass is 19.1. The maximum absolute atomic E-state index is 13.8. The zero-order valence-corrected chi connectivity index (χ0v) is 32.3. The van der Waals surface area contributed by atoms with Crippen molar-refractivity contribution in [3.8, 4) is 11.1 Å². The van der Waals surface area contributed by atoms with Gasteiger partial charge >= 0.3 is 5.97 Å². The molecule has 3 aromatic rings. The highest BCUT2D eigenvalue weighted by Gasteiger charge is 2.37. The molecule has 2 fully saturated rings. The topological polar surface area (TPSA) is 84.4 Å². The smallest absolute Gasteiger partial charge is 0.337 e. The predicted molar refractivity (Wildman–Crippen MR) is 203 cm³/mol. The summed E-state index contributed by atoms with van der Waals surface area (Å²) >= 11 is 0. The third kappa shape index (κ3) is 9.22. The molecule has 0 amide bonds. The van der Waals surface area contributed by atoms with Gasteiger partial charge in [0.2, 0.25) is 0 Å². The van der Waals surface area contributed by atoms with Gasteiger partial charge < -0.3 is 24.2 Å². The van der Waals surface area contributed by atoms with Crippen molar-refractivity contribution >= 4 is 11.7 Å². The third-order valence-corrected chi connectivity index (χ3v) is 11.1. The predicted octanol–water partition coefficient (Wildman–Crippen LogP) is 8.57. The SMILES string of the molecule is Cc1cc(F)ccc1CN1CCc2cc(-c3c(COCC4CCOCC4)nc(C)c(C(OC(C)(C)C)C(=O)O)c3N3CCC(C)(C)CC3)ccc2C1. The second-order valence-corrected chi connectivity index (χ2v) is 17.0. The number of aryl methyl sites for hydroxylation is 2. The largest absolute Gasteiger partial charge is 0.479 e. The monoisotopic (exact) mass is 715 g/mol. The highest BCUT2D eigenvalue weighted by Crippen LogP contribution is 2.46. The second-order valence-electron chi connectivity index (χ2n) is 17.0. The molecule has 0 spiro atoms. The average molecular weight is 716 g/mol. The fourth-order valence-electron chi connectivity index (χ4n) is 7.95. The van der Waals surface area contributed by atoms with Crippen LogP contribution in [-0.4, -0.2) is 66.0 Å². The number of hydrogen-bond donors (Lipinski definition) is 1. The van der Waals surface area contributed by atoms with E-state index >= 15 is 0 Å². The lowest BCUT2D eigenvalue weighted by atomic mass is 9.81. The number of pyridine rings is 1. The lowest BCUT2D eigenvalue weighted by Gasteiger charge is -2.41. The number of piperidine rings is 1. The van der Waals surface area contributed by atoms with Gasteiger partial charge in [-0.3, -0.25) is 9.88 Å². The van der Waals surface area contributed by atoms with Crippen LogP contribution in [0.25, 0.3) is 11.1 Å². The molecule has 3 aliphatic heterocycles. The summed E-state index contributed by atoms with van der Waals surface area (Å²) in [4.78, 5) is 23.1. The Morgan fingerprint density at radius 3 is 2.46 bits per heavy atom. The second kappa shape index (κ2) is 15.9. The minimum absolute atomic E-state index is 0.201. The number of fused-ring (bicyclic) bond motifs is 1. The number of rotatable bonds is 11. The molecule has 0 radical (unpaired) electrons. The summed E-state index contributed by atoms with van der Waals surface area (Å²) < 4.78 is 32.2. The van der Waals surface area contributed by atoms with Crippen LogP contribution in [0.4, 0.5) is 10.1 Å². The molecule has 3 aliphatic rings. The van der Waals surface area contributed by atoms with Gasteiger partial charge in [-0.25, -0.2) is 9.18 Å². The molecule has 2 aromatic carbocycles. The maximum atomic E-state index is 13.8. The number of carboxylic acids is 1. The van der Waals surface area contributed by atoms with Crippen LogP contribution in [0.5, 0.6) is 0 Å². The van der Waals surface area contributed by atoms with Crippen molar-refractivity contribution in [1.29, 1.82) is 0 Å². The molecule has 1 N–H and O–H groups in total. The Hall–Kier alpha value is -3.37. The molecule has 282 valence electrons. The molecule has 4 heterocycles. The quantitative estimate of drug-likeness (QED) is 0.212. The first kappa shape index (κ1) is 38.4. The van der Waals surface area contributed by atoms with Crippen molar-refractivity contribution in [3.63, 3.8) is 0 Å². The van der Waals surface area contributed by atoms with E-state index in [9.17, 15) is 14.3 Å². The molecule has 0 saturated carbocycles. The summed E-state index contributed by atoms with van der Waals surface area (Å²) in [7, 11) is 0. The number of anilines is 1. The Morgan fingerprint density at radius 2 is 1.79 bits per heavy atom. The van der Waals surface area contributed by atoms with E-state index in [0.29, 0.717) is 30.4 Å². The summed E-state index contributed by atoms with van der Waals surface area (Å²) in [5.74, 6) is -0.773. The van der Waals surface area contributed by atoms with E-state index in [-0.39, 0.29) is 11.2 Å². The van der Waals surface area contributed by atoms with Crippen molar-refractivity contribution in [2.75, 3.05) is 44.4 Å². The maximum Gasteiger partial charge on any atom is 0.337 e. The van der Waals surface area contributed by atoms with Gasteiger partial charge in [-0.15, -0.1) is 0 Å². The zero-order valence-electron chi connectivity index (χ0n) is 32.3. The van der Waals surface area contributed by atoms with Crippen molar-refractivity contribution in [3.05, 3.63) is 81.4 Å². The third-order valence-electron chi connectivity index (χ3n) is 11.1. The van der Waals surface area contributed by atoms with Gasteiger partial charge in [-0.05, 0) is 118 Å². The number of hydrogen-bond acceptors (Lipinski definition) is 7. The number of nitrogens with zero attached hydrogens (tertiary/aromatic N) is 3. The fourth-order valence-corrected chi connectivity index (χ4v) is 7.95. The van der Waals surface area contributed by atoms with E-state index in [4.69, 9.17) is 19.2 Å². The summed E-state index contributed by atoms with van der Waals surface area (Å²) in [6.45, 7) is 20.8. The first-order valence-corrected chi connectivity index (χ1v) is 19.1. The van der Waals surface area contributed by atoms with Gasteiger partial charge in [0.15, 0.2) is 6.10 Å². The Morgan fingerprint density at radius 1 is 1.06 bits per heavy atom. The molecule has 8 nitrogen and oxygen atoms in total. The Labute approximate surface area is 309 Å². The van der Waals surface area contributed by atoms with Crippen LogP contribution in [0.1, 0.15) is 106 Å². The van der Waals surface area contributed by atoms with E-state index in [2.05, 4.69) is 41.8 Å². The summed E-state index contributed by atoms with van der Waals surface area (Å²) in [5.41, 5.74) is 9.19. The number of aliphatic carboxylic acids is 1. The number of halogens is 1. The van der Waals surface area contributed by atoms with Gasteiger partial charge in [-0.1, -0.05) is 38.1 Å². The van der Waals surface area contributed by atoms with Gasteiger partial charge in [0.05, 0.1) is 30.2 Å². The van der Waals surface area contributed by atoms with Crippen LogP contribution in [0, 0.1) is 31.0 Å². The zero-order chi connectivity index (χ0) is 37.2. The number of ether oxygens (including phenoxy) is 3. The molecule has 1 atom stereocenters. The number of aromatic nitrogens is 1. The molecule has 52 heavy (non-hydrogen) atoms. The lowest BCUT2D eigenvalue weighted by Crippen LogP contribution is -2.39. The Bertz CT molecular complexity index is 1740. The van der Waals surface area contributed by atoms with E-state index in [1.54, 1.807) is 12.1 Å². The van der Waals surface area contributed by atoms with Gasteiger partial charge in [0, 0.05) is 62.8 Å². The van der Waals surface area contributed by atoms with Crippen LogP contribution >= 0.6 is 0 Å². The number of benzene rings is 2. The first-order chi connectivity index (χ1) is 24.7. The van der Waals surface area contributed by atoms with Crippen molar-refractivity contribution in [2.24, 2.45) is 11.3 Å². The molecule has 0 aliphatic carbocycles. The molecular formula is C43H58FN3O5. The van der Waals surface area contributed by atoms with Crippen LogP contribution in [0.2, 0.25) is 0 Å². The first-order valence-electron chi connectivity index (χ1n) is 19.1. The highest BCUT2D eigenvalue weighted by molar-refractivity contribution is 5.88. The molecule has 1 unspecified atom stereocenters. The normalized spacial score (nSPS) is 19.0. The molecular weight excluding hydrogens is 657 g/mol. The van der Waals surface area contributed by atoms with E-state index < -0.39 is 17.7 Å². The van der Waals surface area contributed by atoms with Gasteiger partial charge in [0.25, 0.3) is 0 Å². The lowest BCUT2D eigenvalue weighted by molar-refractivity contribution is -0.160. The standard InChI is InChI=1S/C43H58FN3O5/c1-28-22-35(44)11-10-33(28)24-46-17-12-31-23-32(8-9-34(31)25-46)38-36(27-51-26-30-13-20-50-21-14-30)45-29(2)37(40(41(48)49)52-42(3,4)5)39(38)47-18-15-43(6,7)16-19-47/h8-11,22-23,30,40H,12-21,24-27H2,1-7H3,(H,48,49). The summed E-state index contributed by atoms with van der Waals surface area (Å²) in [6, 6.07) is 11.8.